The molecule has 23 heavy (non-hydrogen) atoms. The quantitative estimate of drug-likeness (QED) is 0.750. The summed E-state index contributed by atoms with van der Waals surface area (Å²) < 4.78 is 0. The van der Waals surface area contributed by atoms with Crippen LogP contribution in [0.25, 0.3) is 0 Å². The number of carbonyl (C=O) groups excluding carboxylic acids is 2. The fourth-order valence-electron chi connectivity index (χ4n) is 1.96. The number of rotatable bonds is 5. The normalized spacial score (nSPS) is 8.26. The predicted molar refractivity (Wildman–Crippen MR) is 99.7 cm³/mol. The molecule has 0 aromatic heterocycles. The van der Waals surface area contributed by atoms with Crippen LogP contribution in [0.15, 0.2) is 60.7 Å². The van der Waals surface area contributed by atoms with Crippen molar-refractivity contribution in [2.24, 2.45) is 0 Å². The van der Waals surface area contributed by atoms with Gasteiger partial charge in [0.1, 0.15) is 13.6 Å². The van der Waals surface area contributed by atoms with Gasteiger partial charge in [-0.3, -0.25) is 0 Å². The lowest BCUT2D eigenvalue weighted by Crippen LogP contribution is -1.81. The fourth-order valence-corrected chi connectivity index (χ4v) is 1.96. The first kappa shape index (κ1) is 23.1. The molecule has 0 unspecified atom stereocenters. The summed E-state index contributed by atoms with van der Waals surface area (Å²) in [5.74, 6) is 0. The number of benzene rings is 2. The highest BCUT2D eigenvalue weighted by Gasteiger charge is 1.87. The van der Waals surface area contributed by atoms with E-state index in [4.69, 9.17) is 9.59 Å². The van der Waals surface area contributed by atoms with Crippen LogP contribution < -0.4 is 0 Å². The van der Waals surface area contributed by atoms with Gasteiger partial charge in [0.05, 0.1) is 0 Å². The van der Waals surface area contributed by atoms with Crippen molar-refractivity contribution >= 4 is 13.6 Å². The summed E-state index contributed by atoms with van der Waals surface area (Å²) in [6.45, 7) is 8.43. The minimum absolute atomic E-state index is 1.21. The molecule has 0 aliphatic carbocycles. The molecular formula is C21H30O2. The average Bonchev–Trinajstić information content (AvgIpc) is 2.66. The maximum Gasteiger partial charge on any atom is 0.106 e. The van der Waals surface area contributed by atoms with E-state index in [-0.39, 0.29) is 0 Å². The van der Waals surface area contributed by atoms with E-state index in [9.17, 15) is 0 Å². The Bertz CT molecular complexity index is 438. The molecule has 2 aromatic carbocycles. The number of aryl methyl sites for hydroxylation is 2. The van der Waals surface area contributed by atoms with E-state index in [0.29, 0.717) is 0 Å². The second kappa shape index (κ2) is 19.8. The van der Waals surface area contributed by atoms with E-state index in [1.54, 1.807) is 0 Å². The molecule has 2 rings (SSSR count). The SMILES string of the molecule is C=O.C=O.CCCCc1ccccc1.CCCc1ccccc1. The van der Waals surface area contributed by atoms with Gasteiger partial charge in [0, 0.05) is 0 Å². The van der Waals surface area contributed by atoms with Crippen LogP contribution in [-0.4, -0.2) is 13.6 Å². The third-order valence-electron chi connectivity index (χ3n) is 3.04. The molecule has 0 heterocycles. The zero-order valence-corrected chi connectivity index (χ0v) is 14.5. The smallest absolute Gasteiger partial charge is 0.106 e. The number of hydrogen-bond donors (Lipinski definition) is 0. The van der Waals surface area contributed by atoms with Crippen molar-refractivity contribution in [1.82, 2.24) is 0 Å². The molecule has 0 amide bonds. The molecule has 2 heteroatoms. The third-order valence-corrected chi connectivity index (χ3v) is 3.04. The second-order valence-electron chi connectivity index (χ2n) is 4.82. The van der Waals surface area contributed by atoms with Gasteiger partial charge in [-0.1, -0.05) is 87.4 Å². The molecule has 0 bridgehead atoms. The standard InChI is InChI=1S/C10H14.C9H12.2CH2O/c1-2-3-7-10-8-5-4-6-9-10;1-2-6-9-7-4-3-5-8-9;2*1-2/h4-6,8-9H,2-3,7H2,1H3;3-5,7-8H,2,6H2,1H3;2*1H2. The maximum atomic E-state index is 8.00. The number of hydrogen-bond acceptors (Lipinski definition) is 2. The van der Waals surface area contributed by atoms with Crippen molar-refractivity contribution in [2.45, 2.75) is 46.0 Å². The van der Waals surface area contributed by atoms with Gasteiger partial charge >= 0.3 is 0 Å². The Hall–Kier alpha value is -2.22. The molecule has 2 nitrogen and oxygen atoms in total. The van der Waals surface area contributed by atoms with Crippen LogP contribution in [0.3, 0.4) is 0 Å². The lowest BCUT2D eigenvalue weighted by Gasteiger charge is -1.96. The van der Waals surface area contributed by atoms with Crippen molar-refractivity contribution < 1.29 is 9.59 Å². The second-order valence-corrected chi connectivity index (χ2v) is 4.82. The zero-order valence-electron chi connectivity index (χ0n) is 14.5. The van der Waals surface area contributed by atoms with Gasteiger partial charge in [-0.15, -0.1) is 0 Å². The molecular weight excluding hydrogens is 284 g/mol. The lowest BCUT2D eigenvalue weighted by molar-refractivity contribution is -0.0987. The highest BCUT2D eigenvalue weighted by Crippen LogP contribution is 2.03. The minimum atomic E-state index is 1.21. The van der Waals surface area contributed by atoms with Crippen molar-refractivity contribution in [2.75, 3.05) is 0 Å². The molecule has 0 N–H and O–H groups in total. The van der Waals surface area contributed by atoms with Crippen LogP contribution in [-0.2, 0) is 22.4 Å². The summed E-state index contributed by atoms with van der Waals surface area (Å²) in [5.41, 5.74) is 2.91. The molecule has 0 atom stereocenters. The Kier molecular flexibility index (Phi) is 19.8. The first-order valence-corrected chi connectivity index (χ1v) is 8.02. The van der Waals surface area contributed by atoms with Crippen molar-refractivity contribution in [3.05, 3.63) is 71.8 Å². The van der Waals surface area contributed by atoms with Crippen LogP contribution in [0.4, 0.5) is 0 Å². The summed E-state index contributed by atoms with van der Waals surface area (Å²) in [5, 5.41) is 0. The van der Waals surface area contributed by atoms with Crippen LogP contribution in [0.1, 0.15) is 44.2 Å². The first-order chi connectivity index (χ1) is 11.4. The van der Waals surface area contributed by atoms with Gasteiger partial charge in [0.2, 0.25) is 0 Å². The number of unbranched alkanes of at least 4 members (excludes halogenated alkanes) is 1. The Morgan fingerprint density at radius 2 is 1.00 bits per heavy atom. The predicted octanol–water partition coefficient (Wildman–Crippen LogP) is 5.30. The van der Waals surface area contributed by atoms with Crippen LogP contribution in [0.2, 0.25) is 0 Å². The van der Waals surface area contributed by atoms with Gasteiger partial charge in [-0.05, 0) is 30.4 Å². The first-order valence-electron chi connectivity index (χ1n) is 8.02. The molecule has 2 aromatic rings. The van der Waals surface area contributed by atoms with E-state index >= 15 is 0 Å². The summed E-state index contributed by atoms with van der Waals surface area (Å²) in [4.78, 5) is 16.0. The molecule has 0 aliphatic rings. The van der Waals surface area contributed by atoms with Gasteiger partial charge in [-0.25, -0.2) is 0 Å². The fraction of sp³-hybridized carbons (Fsp3) is 0.333. The Morgan fingerprint density at radius 3 is 1.35 bits per heavy atom. The zero-order chi connectivity index (χ0) is 17.8. The van der Waals surface area contributed by atoms with E-state index < -0.39 is 0 Å². The summed E-state index contributed by atoms with van der Waals surface area (Å²) >= 11 is 0. The molecule has 0 fully saturated rings. The van der Waals surface area contributed by atoms with Gasteiger partial charge in [0.15, 0.2) is 0 Å². The van der Waals surface area contributed by atoms with E-state index in [1.165, 1.54) is 43.2 Å². The van der Waals surface area contributed by atoms with E-state index in [0.717, 1.165) is 0 Å². The number of carbonyl (C=O) groups is 2. The highest BCUT2D eigenvalue weighted by atomic mass is 16.1. The monoisotopic (exact) mass is 314 g/mol. The molecule has 0 aliphatic heterocycles. The van der Waals surface area contributed by atoms with Crippen LogP contribution in [0, 0.1) is 0 Å². The third kappa shape index (κ3) is 14.5. The highest BCUT2D eigenvalue weighted by molar-refractivity contribution is 5.15. The molecule has 126 valence electrons. The van der Waals surface area contributed by atoms with Crippen molar-refractivity contribution in [3.8, 4) is 0 Å². The average molecular weight is 314 g/mol. The topological polar surface area (TPSA) is 34.1 Å². The summed E-state index contributed by atoms with van der Waals surface area (Å²) in [6, 6.07) is 21.2. The summed E-state index contributed by atoms with van der Waals surface area (Å²) in [7, 11) is 0. The van der Waals surface area contributed by atoms with Crippen LogP contribution in [0.5, 0.6) is 0 Å². The lowest BCUT2D eigenvalue weighted by atomic mass is 10.1. The minimum Gasteiger partial charge on any atom is -0.307 e. The Labute approximate surface area is 141 Å². The van der Waals surface area contributed by atoms with Gasteiger partial charge in [-0.2, -0.15) is 0 Å². The largest absolute Gasteiger partial charge is 0.307 e. The van der Waals surface area contributed by atoms with E-state index in [1.807, 2.05) is 13.6 Å². The molecule has 0 radical (unpaired) electrons. The Balaban J connectivity index is 0. The van der Waals surface area contributed by atoms with Crippen molar-refractivity contribution in [3.63, 3.8) is 0 Å². The molecule has 0 spiro atoms. The van der Waals surface area contributed by atoms with Gasteiger partial charge < -0.3 is 9.59 Å². The van der Waals surface area contributed by atoms with Crippen molar-refractivity contribution in [1.29, 1.82) is 0 Å². The molecule has 0 saturated heterocycles. The van der Waals surface area contributed by atoms with Crippen LogP contribution >= 0.6 is 0 Å². The maximum absolute atomic E-state index is 8.00. The van der Waals surface area contributed by atoms with E-state index in [2.05, 4.69) is 74.5 Å². The van der Waals surface area contributed by atoms with Gasteiger partial charge in [0.25, 0.3) is 0 Å². The summed E-state index contributed by atoms with van der Waals surface area (Å²) in [6.07, 6.45) is 6.28. The Morgan fingerprint density at radius 1 is 0.609 bits per heavy atom. The molecule has 0 saturated carbocycles.